The van der Waals surface area contributed by atoms with Crippen LogP contribution in [0, 0.1) is 0 Å². The third kappa shape index (κ3) is 9.52. The smallest absolute Gasteiger partial charge is 0.408 e. The number of esters is 1. The first-order chi connectivity index (χ1) is 6.85. The van der Waals surface area contributed by atoms with Crippen LogP contribution in [0.15, 0.2) is 0 Å². The largest absolute Gasteiger partial charge is 0.463 e. The van der Waals surface area contributed by atoms with E-state index >= 15 is 0 Å². The number of carbonyl (C=O) groups is 2. The Morgan fingerprint density at radius 3 is 2.40 bits per heavy atom. The maximum Gasteiger partial charge on any atom is 0.408 e. The van der Waals surface area contributed by atoms with Crippen molar-refractivity contribution in [2.45, 2.75) is 26.4 Å². The maximum atomic E-state index is 11.1. The van der Waals surface area contributed by atoms with E-state index in [4.69, 9.17) is 9.47 Å². The third-order valence-electron chi connectivity index (χ3n) is 1.12. The normalized spacial score (nSPS) is 10.7. The molecule has 0 saturated carbocycles. The van der Waals surface area contributed by atoms with E-state index in [0.29, 0.717) is 5.33 Å². The fraction of sp³-hybridized carbons (Fsp3) is 0.778. The van der Waals surface area contributed by atoms with Gasteiger partial charge in [-0.25, -0.2) is 4.79 Å². The SMILES string of the molecule is CC(C)(C)OC(=O)NCC(=O)OCCBr. The first-order valence-corrected chi connectivity index (χ1v) is 5.66. The van der Waals surface area contributed by atoms with Crippen LogP contribution in [0.5, 0.6) is 0 Å². The molecule has 0 aromatic rings. The topological polar surface area (TPSA) is 64.6 Å². The molecule has 0 aromatic carbocycles. The minimum absolute atomic E-state index is 0.179. The van der Waals surface area contributed by atoms with Gasteiger partial charge < -0.3 is 14.8 Å². The number of hydrogen-bond donors (Lipinski definition) is 1. The van der Waals surface area contributed by atoms with Crippen LogP contribution in [0.1, 0.15) is 20.8 Å². The second kappa shape index (κ2) is 6.66. The zero-order chi connectivity index (χ0) is 11.9. The first kappa shape index (κ1) is 14.2. The van der Waals surface area contributed by atoms with E-state index in [0.717, 1.165) is 0 Å². The molecule has 0 aliphatic rings. The number of alkyl halides is 1. The lowest BCUT2D eigenvalue weighted by atomic mass is 10.2. The average molecular weight is 282 g/mol. The van der Waals surface area contributed by atoms with E-state index in [1.807, 2.05) is 0 Å². The minimum atomic E-state index is -0.627. The molecule has 0 atom stereocenters. The second-order valence-electron chi connectivity index (χ2n) is 3.76. The van der Waals surface area contributed by atoms with E-state index in [9.17, 15) is 9.59 Å². The van der Waals surface area contributed by atoms with Gasteiger partial charge in [-0.05, 0) is 20.8 Å². The molecule has 0 rings (SSSR count). The van der Waals surface area contributed by atoms with Crippen molar-refractivity contribution in [3.05, 3.63) is 0 Å². The summed E-state index contributed by atoms with van der Waals surface area (Å²) in [6.45, 7) is 5.35. The molecule has 0 heterocycles. The van der Waals surface area contributed by atoms with Crippen molar-refractivity contribution in [2.75, 3.05) is 18.5 Å². The van der Waals surface area contributed by atoms with Crippen LogP contribution in [0.2, 0.25) is 0 Å². The molecule has 0 radical (unpaired) electrons. The molecule has 15 heavy (non-hydrogen) atoms. The maximum absolute atomic E-state index is 11.1. The number of ether oxygens (including phenoxy) is 2. The summed E-state index contributed by atoms with van der Waals surface area (Å²) in [6.07, 6.45) is -0.627. The highest BCUT2D eigenvalue weighted by atomic mass is 79.9. The van der Waals surface area contributed by atoms with Crippen molar-refractivity contribution in [3.63, 3.8) is 0 Å². The summed E-state index contributed by atoms with van der Waals surface area (Å²) in [5.74, 6) is -0.486. The molecule has 6 heteroatoms. The highest BCUT2D eigenvalue weighted by Crippen LogP contribution is 2.06. The van der Waals surface area contributed by atoms with Crippen molar-refractivity contribution in [2.24, 2.45) is 0 Å². The van der Waals surface area contributed by atoms with E-state index < -0.39 is 17.7 Å². The van der Waals surface area contributed by atoms with Crippen LogP contribution in [-0.4, -0.2) is 36.1 Å². The number of alkyl carbamates (subject to hydrolysis) is 1. The molecular weight excluding hydrogens is 266 g/mol. The van der Waals surface area contributed by atoms with Gasteiger partial charge in [-0.2, -0.15) is 0 Å². The van der Waals surface area contributed by atoms with Crippen molar-refractivity contribution in [1.29, 1.82) is 0 Å². The second-order valence-corrected chi connectivity index (χ2v) is 4.56. The number of halogens is 1. The molecule has 5 nitrogen and oxygen atoms in total. The molecule has 0 aliphatic carbocycles. The van der Waals surface area contributed by atoms with Crippen LogP contribution < -0.4 is 5.32 Å². The summed E-state index contributed by atoms with van der Waals surface area (Å²) in [7, 11) is 0. The van der Waals surface area contributed by atoms with Gasteiger partial charge in [0.15, 0.2) is 0 Å². The lowest BCUT2D eigenvalue weighted by Crippen LogP contribution is -2.36. The Balaban J connectivity index is 3.67. The van der Waals surface area contributed by atoms with E-state index in [2.05, 4.69) is 21.2 Å². The molecule has 0 fully saturated rings. The van der Waals surface area contributed by atoms with Gasteiger partial charge in [-0.15, -0.1) is 0 Å². The number of rotatable bonds is 4. The minimum Gasteiger partial charge on any atom is -0.463 e. The monoisotopic (exact) mass is 281 g/mol. The summed E-state index contributed by atoms with van der Waals surface area (Å²) in [5.41, 5.74) is -0.566. The Labute approximate surface area is 97.6 Å². The summed E-state index contributed by atoms with van der Waals surface area (Å²) in [5, 5.41) is 2.87. The van der Waals surface area contributed by atoms with Crippen molar-refractivity contribution in [1.82, 2.24) is 5.32 Å². The zero-order valence-electron chi connectivity index (χ0n) is 9.13. The van der Waals surface area contributed by atoms with Crippen molar-refractivity contribution < 1.29 is 19.1 Å². The molecule has 1 N–H and O–H groups in total. The number of carbonyl (C=O) groups excluding carboxylic acids is 2. The molecule has 0 bridgehead atoms. The van der Waals surface area contributed by atoms with Gasteiger partial charge in [-0.3, -0.25) is 4.79 Å². The molecule has 0 aliphatic heterocycles. The summed E-state index contributed by atoms with van der Waals surface area (Å²) >= 11 is 3.11. The summed E-state index contributed by atoms with van der Waals surface area (Å²) in [4.78, 5) is 22.0. The van der Waals surface area contributed by atoms with Gasteiger partial charge in [0.1, 0.15) is 18.8 Å². The zero-order valence-corrected chi connectivity index (χ0v) is 10.7. The van der Waals surface area contributed by atoms with Gasteiger partial charge in [-0.1, -0.05) is 15.9 Å². The van der Waals surface area contributed by atoms with Crippen LogP contribution in [0.3, 0.4) is 0 Å². The van der Waals surface area contributed by atoms with Gasteiger partial charge >= 0.3 is 12.1 Å². The molecule has 0 saturated heterocycles. The summed E-state index contributed by atoms with van der Waals surface area (Å²) < 4.78 is 9.64. The Morgan fingerprint density at radius 1 is 1.33 bits per heavy atom. The van der Waals surface area contributed by atoms with Crippen molar-refractivity contribution >= 4 is 28.0 Å². The third-order valence-corrected chi connectivity index (χ3v) is 1.44. The van der Waals surface area contributed by atoms with Crippen LogP contribution >= 0.6 is 15.9 Å². The van der Waals surface area contributed by atoms with Gasteiger partial charge in [0.25, 0.3) is 0 Å². The fourth-order valence-electron chi connectivity index (χ4n) is 0.662. The van der Waals surface area contributed by atoms with Gasteiger partial charge in [0, 0.05) is 5.33 Å². The predicted molar refractivity (Wildman–Crippen MR) is 59.0 cm³/mol. The molecule has 0 spiro atoms. The lowest BCUT2D eigenvalue weighted by molar-refractivity contribution is -0.141. The summed E-state index contributed by atoms with van der Waals surface area (Å²) in [6, 6.07) is 0. The fourth-order valence-corrected chi connectivity index (χ4v) is 0.824. The Morgan fingerprint density at radius 2 is 1.93 bits per heavy atom. The Hall–Kier alpha value is -0.780. The number of nitrogens with one attached hydrogen (secondary N) is 1. The molecule has 0 aromatic heterocycles. The van der Waals surface area contributed by atoms with Gasteiger partial charge in [0.05, 0.1) is 0 Å². The molecule has 0 unspecified atom stereocenters. The Kier molecular flexibility index (Phi) is 6.31. The average Bonchev–Trinajstić information content (AvgIpc) is 2.08. The van der Waals surface area contributed by atoms with Gasteiger partial charge in [0.2, 0.25) is 0 Å². The molecule has 1 amide bonds. The number of amides is 1. The standard InChI is InChI=1S/C9H16BrNO4/c1-9(2,3)15-8(13)11-6-7(12)14-5-4-10/h4-6H2,1-3H3,(H,11,13). The lowest BCUT2D eigenvalue weighted by Gasteiger charge is -2.19. The van der Waals surface area contributed by atoms with Crippen LogP contribution in [-0.2, 0) is 14.3 Å². The first-order valence-electron chi connectivity index (χ1n) is 4.53. The predicted octanol–water partition coefficient (Wildman–Crippen LogP) is 1.45. The number of hydrogen-bond acceptors (Lipinski definition) is 4. The highest BCUT2D eigenvalue weighted by Gasteiger charge is 2.16. The van der Waals surface area contributed by atoms with E-state index in [1.54, 1.807) is 20.8 Å². The van der Waals surface area contributed by atoms with E-state index in [1.165, 1.54) is 0 Å². The quantitative estimate of drug-likeness (QED) is 0.626. The van der Waals surface area contributed by atoms with Crippen molar-refractivity contribution in [3.8, 4) is 0 Å². The molecule has 88 valence electrons. The van der Waals surface area contributed by atoms with Crippen LogP contribution in [0.25, 0.3) is 0 Å². The van der Waals surface area contributed by atoms with Crippen LogP contribution in [0.4, 0.5) is 4.79 Å². The highest BCUT2D eigenvalue weighted by molar-refractivity contribution is 9.09. The Bertz CT molecular complexity index is 225. The van der Waals surface area contributed by atoms with E-state index in [-0.39, 0.29) is 13.2 Å². The molecular formula is C9H16BrNO4.